The number of phosphoric acid groups is 1. The van der Waals surface area contributed by atoms with E-state index in [1.54, 1.807) is 0 Å². The molecular weight excluding hydrogens is 615 g/mol. The van der Waals surface area contributed by atoms with Gasteiger partial charge in [-0.25, -0.2) is 4.57 Å². The molecule has 8 nitrogen and oxygen atoms in total. The zero-order valence-electron chi connectivity index (χ0n) is 31.0. The molecule has 2 atom stereocenters. The Morgan fingerprint density at radius 3 is 1.23 bits per heavy atom. The van der Waals surface area contributed by atoms with Crippen molar-refractivity contribution in [2.75, 3.05) is 19.8 Å². The van der Waals surface area contributed by atoms with Gasteiger partial charge in [-0.05, 0) is 19.3 Å². The van der Waals surface area contributed by atoms with Crippen molar-refractivity contribution in [1.29, 1.82) is 0 Å². The molecule has 1 unspecified atom stereocenters. The van der Waals surface area contributed by atoms with Crippen molar-refractivity contribution in [3.63, 3.8) is 0 Å². The van der Waals surface area contributed by atoms with E-state index in [1.165, 1.54) is 128 Å². The molecule has 0 amide bonds. The minimum absolute atomic E-state index is 0.0748. The summed E-state index contributed by atoms with van der Waals surface area (Å²) in [5.41, 5.74) is 0. The van der Waals surface area contributed by atoms with Crippen LogP contribution in [0.15, 0.2) is 0 Å². The van der Waals surface area contributed by atoms with E-state index in [-0.39, 0.29) is 32.2 Å². The monoisotopic (exact) mass is 691 g/mol. The van der Waals surface area contributed by atoms with Crippen LogP contribution in [0.3, 0.4) is 0 Å². The second kappa shape index (κ2) is 34.9. The molecule has 280 valence electrons. The molecule has 1 N–H and O–H groups in total. The maximum atomic E-state index is 12.5. The average molecular weight is 691 g/mol. The van der Waals surface area contributed by atoms with Crippen LogP contribution in [-0.4, -0.2) is 42.8 Å². The van der Waals surface area contributed by atoms with Crippen molar-refractivity contribution in [1.82, 2.24) is 0 Å². The first-order valence-corrected chi connectivity index (χ1v) is 21.3. The van der Waals surface area contributed by atoms with Crippen molar-refractivity contribution >= 4 is 19.8 Å². The zero-order valence-corrected chi connectivity index (χ0v) is 31.9. The van der Waals surface area contributed by atoms with Crippen LogP contribution in [0.25, 0.3) is 0 Å². The topological polar surface area (TPSA) is 108 Å². The number of carbonyl (C=O) groups is 2. The predicted molar refractivity (Wildman–Crippen MR) is 193 cm³/mol. The van der Waals surface area contributed by atoms with Gasteiger partial charge in [0.05, 0.1) is 13.2 Å². The van der Waals surface area contributed by atoms with E-state index in [2.05, 4.69) is 13.8 Å². The standard InChI is InChI=1S/C38H75O8P/c1-4-7-9-11-13-15-17-19-21-23-25-27-29-31-37(39)43-34-36(35-45-47(41,42)44-33-6-3)46-38(40)32-30-28-26-24-22-20-18-16-14-12-10-8-5-2/h36H,4-35H2,1-3H3,(H,41,42)/t36-/m0/s1. The van der Waals surface area contributed by atoms with Crippen molar-refractivity contribution in [2.24, 2.45) is 0 Å². The summed E-state index contributed by atoms with van der Waals surface area (Å²) in [6.45, 7) is 5.80. The molecule has 0 aliphatic rings. The number of unbranched alkanes of at least 4 members (excludes halogenated alkanes) is 24. The highest BCUT2D eigenvalue weighted by Gasteiger charge is 2.25. The number of ether oxygens (including phenoxy) is 2. The van der Waals surface area contributed by atoms with E-state index >= 15 is 0 Å². The minimum atomic E-state index is -4.28. The van der Waals surface area contributed by atoms with E-state index in [0.717, 1.165) is 38.5 Å². The Hall–Kier alpha value is -0.950. The van der Waals surface area contributed by atoms with Crippen molar-refractivity contribution in [2.45, 2.75) is 213 Å². The smallest absolute Gasteiger partial charge is 0.462 e. The number of hydrogen-bond donors (Lipinski definition) is 1. The Balaban J connectivity index is 4.18. The second-order valence-corrected chi connectivity index (χ2v) is 14.8. The van der Waals surface area contributed by atoms with Crippen LogP contribution >= 0.6 is 7.82 Å². The fraction of sp³-hybridized carbons (Fsp3) is 0.947. The van der Waals surface area contributed by atoms with E-state index in [1.807, 2.05) is 6.92 Å². The number of esters is 2. The first-order chi connectivity index (χ1) is 22.8. The minimum Gasteiger partial charge on any atom is -0.462 e. The highest BCUT2D eigenvalue weighted by atomic mass is 31.2. The molecule has 0 aromatic heterocycles. The van der Waals surface area contributed by atoms with Crippen LogP contribution in [0, 0.1) is 0 Å². The lowest BCUT2D eigenvalue weighted by molar-refractivity contribution is -0.161. The van der Waals surface area contributed by atoms with Gasteiger partial charge in [-0.2, -0.15) is 0 Å². The quantitative estimate of drug-likeness (QED) is 0.0390. The summed E-state index contributed by atoms with van der Waals surface area (Å²) in [5, 5.41) is 0. The highest BCUT2D eigenvalue weighted by molar-refractivity contribution is 7.47. The zero-order chi connectivity index (χ0) is 34.7. The summed E-state index contributed by atoms with van der Waals surface area (Å²) in [6.07, 6.45) is 32.0. The van der Waals surface area contributed by atoms with Gasteiger partial charge < -0.3 is 14.4 Å². The van der Waals surface area contributed by atoms with Gasteiger partial charge in [-0.1, -0.05) is 175 Å². The van der Waals surface area contributed by atoms with E-state index in [9.17, 15) is 19.0 Å². The normalized spacial score (nSPS) is 13.4. The van der Waals surface area contributed by atoms with Gasteiger partial charge >= 0.3 is 19.8 Å². The number of carbonyl (C=O) groups excluding carboxylic acids is 2. The van der Waals surface area contributed by atoms with Gasteiger partial charge in [-0.3, -0.25) is 18.6 Å². The van der Waals surface area contributed by atoms with E-state index < -0.39 is 19.9 Å². The van der Waals surface area contributed by atoms with Crippen LogP contribution < -0.4 is 0 Å². The molecule has 47 heavy (non-hydrogen) atoms. The largest absolute Gasteiger partial charge is 0.472 e. The molecule has 0 spiro atoms. The SMILES string of the molecule is CCCCCCCCCCCCCCCC(=O)OC[C@@H](COP(=O)(O)OCCC)OC(=O)CCCCCCCCCCCCCCC. The molecule has 0 aliphatic heterocycles. The third-order valence-electron chi connectivity index (χ3n) is 8.58. The molecule has 0 saturated carbocycles. The number of hydrogen-bond acceptors (Lipinski definition) is 7. The first kappa shape index (κ1) is 46.0. The molecule has 0 heterocycles. The summed E-state index contributed by atoms with van der Waals surface area (Å²) >= 11 is 0. The lowest BCUT2D eigenvalue weighted by Crippen LogP contribution is -2.29. The molecule has 0 fully saturated rings. The second-order valence-electron chi connectivity index (χ2n) is 13.4. The molecule has 0 radical (unpaired) electrons. The molecule has 0 bridgehead atoms. The Morgan fingerprint density at radius 1 is 0.489 bits per heavy atom. The third-order valence-corrected chi connectivity index (χ3v) is 9.56. The van der Waals surface area contributed by atoms with Gasteiger partial charge in [0.15, 0.2) is 6.10 Å². The molecule has 0 aromatic carbocycles. The Labute approximate surface area is 289 Å². The summed E-state index contributed by atoms with van der Waals surface area (Å²) in [4.78, 5) is 34.8. The van der Waals surface area contributed by atoms with Gasteiger partial charge in [0, 0.05) is 12.8 Å². The summed E-state index contributed by atoms with van der Waals surface area (Å²) < 4.78 is 32.9. The van der Waals surface area contributed by atoms with Crippen molar-refractivity contribution in [3.05, 3.63) is 0 Å². The molecule has 0 rings (SSSR count). The number of rotatable bonds is 37. The maximum absolute atomic E-state index is 12.5. The molecule has 0 aromatic rings. The van der Waals surface area contributed by atoms with E-state index in [4.69, 9.17) is 18.5 Å². The van der Waals surface area contributed by atoms with Gasteiger partial charge in [0.25, 0.3) is 0 Å². The fourth-order valence-electron chi connectivity index (χ4n) is 5.61. The van der Waals surface area contributed by atoms with Crippen LogP contribution in [0.5, 0.6) is 0 Å². The van der Waals surface area contributed by atoms with E-state index in [0.29, 0.717) is 12.8 Å². The van der Waals surface area contributed by atoms with Crippen LogP contribution in [0.2, 0.25) is 0 Å². The molecule has 9 heteroatoms. The average Bonchev–Trinajstić information content (AvgIpc) is 3.05. The Bertz CT molecular complexity index is 747. The lowest BCUT2D eigenvalue weighted by Gasteiger charge is -2.20. The summed E-state index contributed by atoms with van der Waals surface area (Å²) in [6, 6.07) is 0. The Morgan fingerprint density at radius 2 is 0.851 bits per heavy atom. The van der Waals surface area contributed by atoms with Gasteiger partial charge in [-0.15, -0.1) is 0 Å². The summed E-state index contributed by atoms with van der Waals surface area (Å²) in [7, 11) is -4.28. The fourth-order valence-corrected chi connectivity index (χ4v) is 6.46. The van der Waals surface area contributed by atoms with Crippen molar-refractivity contribution < 1.29 is 37.6 Å². The van der Waals surface area contributed by atoms with Gasteiger partial charge in [0.1, 0.15) is 6.61 Å². The Kier molecular flexibility index (Phi) is 34.2. The maximum Gasteiger partial charge on any atom is 0.472 e. The lowest BCUT2D eigenvalue weighted by atomic mass is 10.0. The van der Waals surface area contributed by atoms with Crippen molar-refractivity contribution in [3.8, 4) is 0 Å². The highest BCUT2D eigenvalue weighted by Crippen LogP contribution is 2.43. The molecule has 0 aliphatic carbocycles. The van der Waals surface area contributed by atoms with Gasteiger partial charge in [0.2, 0.25) is 0 Å². The van der Waals surface area contributed by atoms with Crippen LogP contribution in [0.1, 0.15) is 207 Å². The summed E-state index contributed by atoms with van der Waals surface area (Å²) in [5.74, 6) is -0.781. The van der Waals surface area contributed by atoms with Crippen LogP contribution in [0.4, 0.5) is 0 Å². The predicted octanol–water partition coefficient (Wildman–Crippen LogP) is 11.9. The first-order valence-electron chi connectivity index (χ1n) is 19.8. The van der Waals surface area contributed by atoms with Crippen LogP contribution in [-0.2, 0) is 32.7 Å². The number of phosphoric ester groups is 1. The molecular formula is C38H75O8P. The molecule has 0 saturated heterocycles. The third kappa shape index (κ3) is 34.7.